The number of fused-ring (bicyclic) bond motifs is 3. The normalized spacial score (nSPS) is 17.5. The fraction of sp³-hybridized carbons (Fsp3) is 0.188. The van der Waals surface area contributed by atoms with Crippen molar-refractivity contribution in [3.8, 4) is 0 Å². The molecule has 2 heterocycles. The van der Waals surface area contributed by atoms with E-state index in [4.69, 9.17) is 11.6 Å². The molecule has 0 N–H and O–H groups in total. The Morgan fingerprint density at radius 2 is 2.00 bits per heavy atom. The predicted octanol–water partition coefficient (Wildman–Crippen LogP) is 5.64. The number of halogens is 5. The Hall–Kier alpha value is -1.73. The molecule has 1 unspecified atom stereocenters. The van der Waals surface area contributed by atoms with E-state index in [2.05, 4.69) is 4.98 Å². The SMILES string of the molecule is Fc1cccc(Cl)c1C1SCc2nc3ccc(C(F)(F)F)cc3n21. The number of benzene rings is 2. The molecule has 0 bridgehead atoms. The van der Waals surface area contributed by atoms with E-state index in [0.717, 1.165) is 12.1 Å². The largest absolute Gasteiger partial charge is 0.416 e. The third-order valence-electron chi connectivity index (χ3n) is 3.94. The fourth-order valence-corrected chi connectivity index (χ4v) is 4.50. The lowest BCUT2D eigenvalue weighted by molar-refractivity contribution is -0.137. The number of aromatic nitrogens is 2. The lowest BCUT2D eigenvalue weighted by atomic mass is 10.1. The van der Waals surface area contributed by atoms with Crippen molar-refractivity contribution in [3.05, 3.63) is 64.2 Å². The molecule has 0 fully saturated rings. The van der Waals surface area contributed by atoms with E-state index in [-0.39, 0.29) is 10.6 Å². The Bertz CT molecular complexity index is 931. The van der Waals surface area contributed by atoms with Gasteiger partial charge in [0.05, 0.1) is 22.3 Å². The van der Waals surface area contributed by atoms with Gasteiger partial charge in [0.2, 0.25) is 0 Å². The van der Waals surface area contributed by atoms with E-state index in [1.807, 2.05) is 0 Å². The molecule has 2 nitrogen and oxygen atoms in total. The summed E-state index contributed by atoms with van der Waals surface area (Å²) < 4.78 is 54.9. The van der Waals surface area contributed by atoms with Crippen LogP contribution in [0.15, 0.2) is 36.4 Å². The smallest absolute Gasteiger partial charge is 0.310 e. The second kappa shape index (κ2) is 5.39. The summed E-state index contributed by atoms with van der Waals surface area (Å²) in [7, 11) is 0. The van der Waals surface area contributed by atoms with Crippen molar-refractivity contribution >= 4 is 34.4 Å². The summed E-state index contributed by atoms with van der Waals surface area (Å²) >= 11 is 7.51. The van der Waals surface area contributed by atoms with Gasteiger partial charge in [0.25, 0.3) is 0 Å². The maximum Gasteiger partial charge on any atom is 0.416 e. The molecule has 0 spiro atoms. The van der Waals surface area contributed by atoms with Gasteiger partial charge in [-0.15, -0.1) is 11.8 Å². The van der Waals surface area contributed by atoms with E-state index in [0.29, 0.717) is 22.6 Å². The molecule has 3 aromatic rings. The van der Waals surface area contributed by atoms with E-state index in [9.17, 15) is 17.6 Å². The molecule has 24 heavy (non-hydrogen) atoms. The van der Waals surface area contributed by atoms with Crippen LogP contribution in [0.5, 0.6) is 0 Å². The van der Waals surface area contributed by atoms with Crippen LogP contribution in [0.25, 0.3) is 11.0 Å². The van der Waals surface area contributed by atoms with Crippen LogP contribution in [0.2, 0.25) is 5.02 Å². The van der Waals surface area contributed by atoms with Gasteiger partial charge in [0.15, 0.2) is 0 Å². The van der Waals surface area contributed by atoms with Gasteiger partial charge in [0.1, 0.15) is 17.0 Å². The van der Waals surface area contributed by atoms with Gasteiger partial charge in [-0.25, -0.2) is 9.37 Å². The molecule has 0 saturated carbocycles. The number of nitrogens with zero attached hydrogens (tertiary/aromatic N) is 2. The van der Waals surface area contributed by atoms with Crippen molar-refractivity contribution in [1.82, 2.24) is 9.55 Å². The molecule has 1 aromatic heterocycles. The van der Waals surface area contributed by atoms with Crippen LogP contribution in [0, 0.1) is 5.82 Å². The molecule has 1 aliphatic rings. The molecular weight excluding hydrogens is 364 g/mol. The number of rotatable bonds is 1. The number of thioether (sulfide) groups is 1. The van der Waals surface area contributed by atoms with Gasteiger partial charge in [0, 0.05) is 10.6 Å². The monoisotopic (exact) mass is 372 g/mol. The average molecular weight is 373 g/mol. The first-order valence-corrected chi connectivity index (χ1v) is 8.42. The molecule has 4 rings (SSSR count). The van der Waals surface area contributed by atoms with Gasteiger partial charge in [-0.3, -0.25) is 0 Å². The van der Waals surface area contributed by atoms with Crippen LogP contribution in [0.4, 0.5) is 17.6 Å². The average Bonchev–Trinajstić information content (AvgIpc) is 3.05. The standard InChI is InChI=1S/C16H9ClF4N2S/c17-9-2-1-3-10(18)14(9)15-23-12-6-8(16(19,20)21)4-5-11(12)22-13(23)7-24-15/h1-6,15H,7H2. The van der Waals surface area contributed by atoms with Gasteiger partial charge < -0.3 is 4.57 Å². The summed E-state index contributed by atoms with van der Waals surface area (Å²) in [6, 6.07) is 7.76. The number of alkyl halides is 3. The van der Waals surface area contributed by atoms with Crippen LogP contribution in [-0.4, -0.2) is 9.55 Å². The van der Waals surface area contributed by atoms with Crippen molar-refractivity contribution < 1.29 is 17.6 Å². The summed E-state index contributed by atoms with van der Waals surface area (Å²) in [5.74, 6) is 0.603. The molecule has 0 amide bonds. The molecule has 1 atom stereocenters. The highest BCUT2D eigenvalue weighted by Crippen LogP contribution is 2.46. The lowest BCUT2D eigenvalue weighted by Crippen LogP contribution is -2.08. The van der Waals surface area contributed by atoms with Crippen molar-refractivity contribution in [2.45, 2.75) is 17.3 Å². The molecule has 124 valence electrons. The summed E-state index contributed by atoms with van der Waals surface area (Å²) in [6.45, 7) is 0. The van der Waals surface area contributed by atoms with Crippen molar-refractivity contribution in [2.24, 2.45) is 0 Å². The maximum absolute atomic E-state index is 14.3. The quantitative estimate of drug-likeness (QED) is 0.514. The number of hydrogen-bond donors (Lipinski definition) is 0. The predicted molar refractivity (Wildman–Crippen MR) is 85.6 cm³/mol. The molecule has 0 radical (unpaired) electrons. The summed E-state index contributed by atoms with van der Waals surface area (Å²) in [5.41, 5.74) is 0.289. The first-order valence-electron chi connectivity index (χ1n) is 7.00. The van der Waals surface area contributed by atoms with E-state index >= 15 is 0 Å². The molecule has 2 aromatic carbocycles. The second-order valence-electron chi connectivity index (χ2n) is 5.40. The second-order valence-corrected chi connectivity index (χ2v) is 6.87. The number of hydrogen-bond acceptors (Lipinski definition) is 2. The van der Waals surface area contributed by atoms with Crippen LogP contribution >= 0.6 is 23.4 Å². The molecule has 1 aliphatic heterocycles. The zero-order chi connectivity index (χ0) is 17.1. The first-order chi connectivity index (χ1) is 11.4. The van der Waals surface area contributed by atoms with Crippen molar-refractivity contribution in [3.63, 3.8) is 0 Å². The van der Waals surface area contributed by atoms with Crippen LogP contribution < -0.4 is 0 Å². The van der Waals surface area contributed by atoms with Gasteiger partial charge in [-0.05, 0) is 30.3 Å². The van der Waals surface area contributed by atoms with Gasteiger partial charge in [-0.1, -0.05) is 17.7 Å². The van der Waals surface area contributed by atoms with Crippen molar-refractivity contribution in [1.29, 1.82) is 0 Å². The van der Waals surface area contributed by atoms with Gasteiger partial charge >= 0.3 is 6.18 Å². The zero-order valence-electron chi connectivity index (χ0n) is 11.9. The van der Waals surface area contributed by atoms with Crippen LogP contribution in [0.3, 0.4) is 0 Å². The van der Waals surface area contributed by atoms with E-state index < -0.39 is 22.9 Å². The number of imidazole rings is 1. The Balaban J connectivity index is 1.94. The summed E-state index contributed by atoms with van der Waals surface area (Å²) in [5, 5.41) is -0.295. The van der Waals surface area contributed by atoms with Crippen LogP contribution in [-0.2, 0) is 11.9 Å². The Labute approximate surface area is 143 Å². The van der Waals surface area contributed by atoms with E-state index in [1.54, 1.807) is 10.6 Å². The lowest BCUT2D eigenvalue weighted by Gasteiger charge is -2.17. The third-order valence-corrected chi connectivity index (χ3v) is 5.46. The van der Waals surface area contributed by atoms with Crippen LogP contribution in [0.1, 0.15) is 22.3 Å². The zero-order valence-corrected chi connectivity index (χ0v) is 13.5. The van der Waals surface area contributed by atoms with E-state index in [1.165, 1.54) is 30.0 Å². The highest BCUT2D eigenvalue weighted by Gasteiger charge is 2.34. The van der Waals surface area contributed by atoms with Gasteiger partial charge in [-0.2, -0.15) is 13.2 Å². The Kier molecular flexibility index (Phi) is 3.54. The third kappa shape index (κ3) is 2.38. The topological polar surface area (TPSA) is 17.8 Å². The van der Waals surface area contributed by atoms with Crippen molar-refractivity contribution in [2.75, 3.05) is 0 Å². The molecule has 8 heteroatoms. The summed E-state index contributed by atoms with van der Waals surface area (Å²) in [6.07, 6.45) is -4.45. The Morgan fingerprint density at radius 1 is 1.21 bits per heavy atom. The maximum atomic E-state index is 14.3. The minimum absolute atomic E-state index is 0.245. The molecule has 0 saturated heterocycles. The minimum Gasteiger partial charge on any atom is -0.310 e. The molecule has 0 aliphatic carbocycles. The highest BCUT2D eigenvalue weighted by atomic mass is 35.5. The Morgan fingerprint density at radius 3 is 2.71 bits per heavy atom. The minimum atomic E-state index is -4.45. The fourth-order valence-electron chi connectivity index (χ4n) is 2.87. The molecular formula is C16H9ClF4N2S. The highest BCUT2D eigenvalue weighted by molar-refractivity contribution is 7.99. The summed E-state index contributed by atoms with van der Waals surface area (Å²) in [4.78, 5) is 4.36. The first kappa shape index (κ1) is 15.8.